The Hall–Kier alpha value is -1.96. The number of hydrogen-bond acceptors (Lipinski definition) is 5. The predicted octanol–water partition coefficient (Wildman–Crippen LogP) is 8.34. The molecule has 4 nitrogen and oxygen atoms in total. The normalized spacial score (nSPS) is 12.0. The molecule has 2 heterocycles. The molecule has 0 radical (unpaired) electrons. The van der Waals surface area contributed by atoms with E-state index in [1.807, 2.05) is 18.3 Å². The van der Waals surface area contributed by atoms with Crippen LogP contribution in [-0.2, 0) is 22.9 Å². The molecule has 1 N–H and O–H groups in total. The Balaban J connectivity index is 1.78. The van der Waals surface area contributed by atoms with Gasteiger partial charge in [0.15, 0.2) is 0 Å². The lowest BCUT2D eigenvalue weighted by Gasteiger charge is -2.06. The Morgan fingerprint density at radius 2 is 1.51 bits per heavy atom. The first-order valence-electron chi connectivity index (χ1n) is 12.8. The van der Waals surface area contributed by atoms with E-state index in [4.69, 9.17) is 0 Å². The quantitative estimate of drug-likeness (QED) is 0.122. The molecule has 0 aliphatic rings. The first-order chi connectivity index (χ1) is 16.9. The summed E-state index contributed by atoms with van der Waals surface area (Å²) in [4.78, 5) is 6.26. The molecule has 0 amide bonds. The van der Waals surface area contributed by atoms with Gasteiger partial charge in [0.05, 0.1) is 11.1 Å². The topological polar surface area (TPSA) is 58.5 Å². The summed E-state index contributed by atoms with van der Waals surface area (Å²) >= 11 is 3.53. The molecule has 0 spiro atoms. The van der Waals surface area contributed by atoms with Crippen LogP contribution in [0.2, 0.25) is 0 Å². The van der Waals surface area contributed by atoms with Crippen molar-refractivity contribution in [3.63, 3.8) is 0 Å². The number of rotatable bonds is 15. The maximum Gasteiger partial charge on any atom is 0.276 e. The summed E-state index contributed by atoms with van der Waals surface area (Å²) in [7, 11) is -3.68. The average molecular weight is 531 g/mol. The molecule has 1 aromatic carbocycles. The second-order valence-corrected chi connectivity index (χ2v) is 12.7. The molecule has 0 atom stereocenters. The zero-order valence-corrected chi connectivity index (χ0v) is 23.6. The van der Waals surface area contributed by atoms with Crippen LogP contribution < -0.4 is 4.83 Å². The molecular formula is C28H38N2O2S3. The molecule has 0 bridgehead atoms. The molecule has 0 saturated heterocycles. The van der Waals surface area contributed by atoms with Gasteiger partial charge in [-0.25, -0.2) is 4.83 Å². The fraction of sp³-hybridized carbons (Fsp3) is 0.464. The summed E-state index contributed by atoms with van der Waals surface area (Å²) in [5.41, 5.74) is 3.81. The van der Waals surface area contributed by atoms with Crippen LogP contribution in [0.3, 0.4) is 0 Å². The number of nitrogens with one attached hydrogen (secondary N) is 1. The standard InChI is InChI=1S/C28H38N2O2S3/c1-4-6-8-10-12-23-18-19-33-27(23)28-24(13-11-9-7-5-2)20-25(34-28)21-29-30-35(31,32)26-16-14-22(3)15-17-26/h14-21,30H,4-13H2,1-3H3/b29-21+. The lowest BCUT2D eigenvalue weighted by molar-refractivity contribution is 0.584. The van der Waals surface area contributed by atoms with E-state index >= 15 is 0 Å². The molecule has 0 aliphatic carbocycles. The van der Waals surface area contributed by atoms with E-state index in [1.165, 1.54) is 72.2 Å². The third kappa shape index (κ3) is 8.29. The highest BCUT2D eigenvalue weighted by atomic mass is 32.2. The van der Waals surface area contributed by atoms with Gasteiger partial charge < -0.3 is 0 Å². The zero-order valence-electron chi connectivity index (χ0n) is 21.2. The Kier molecular flexibility index (Phi) is 11.0. The summed E-state index contributed by atoms with van der Waals surface area (Å²) in [6.07, 6.45) is 13.7. The lowest BCUT2D eigenvalue weighted by atomic mass is 10.0. The van der Waals surface area contributed by atoms with Crippen molar-refractivity contribution in [3.05, 3.63) is 63.3 Å². The number of benzene rings is 1. The monoisotopic (exact) mass is 530 g/mol. The van der Waals surface area contributed by atoms with Gasteiger partial charge in [-0.3, -0.25) is 0 Å². The molecule has 0 saturated carbocycles. The van der Waals surface area contributed by atoms with Gasteiger partial charge in [-0.1, -0.05) is 70.1 Å². The molecule has 7 heteroatoms. The van der Waals surface area contributed by atoms with Gasteiger partial charge in [-0.05, 0) is 73.4 Å². The third-order valence-corrected chi connectivity index (χ3v) is 9.55. The number of thiophene rings is 2. The van der Waals surface area contributed by atoms with E-state index in [2.05, 4.69) is 41.3 Å². The summed E-state index contributed by atoms with van der Waals surface area (Å²) in [6.45, 7) is 6.41. The van der Waals surface area contributed by atoms with E-state index in [1.54, 1.807) is 41.8 Å². The highest BCUT2D eigenvalue weighted by Crippen LogP contribution is 2.39. The number of aryl methyl sites for hydroxylation is 3. The fourth-order valence-corrected chi connectivity index (χ4v) is 7.08. The Morgan fingerprint density at radius 3 is 2.17 bits per heavy atom. The SMILES string of the molecule is CCCCCCc1ccsc1-c1sc(/C=N/NS(=O)(=O)c2ccc(C)cc2)cc1CCCCCC. The summed E-state index contributed by atoms with van der Waals surface area (Å²) < 4.78 is 25.1. The maximum absolute atomic E-state index is 12.6. The van der Waals surface area contributed by atoms with E-state index in [0.29, 0.717) is 0 Å². The van der Waals surface area contributed by atoms with Crippen molar-refractivity contribution < 1.29 is 8.42 Å². The van der Waals surface area contributed by atoms with Crippen molar-refractivity contribution in [3.8, 4) is 9.75 Å². The molecule has 190 valence electrons. The van der Waals surface area contributed by atoms with Crippen molar-refractivity contribution in [1.29, 1.82) is 0 Å². The van der Waals surface area contributed by atoms with Crippen LogP contribution in [0.5, 0.6) is 0 Å². The van der Waals surface area contributed by atoms with E-state index < -0.39 is 10.0 Å². The average Bonchev–Trinajstić information content (AvgIpc) is 3.46. The van der Waals surface area contributed by atoms with Crippen LogP contribution in [0.25, 0.3) is 9.75 Å². The van der Waals surface area contributed by atoms with Crippen molar-refractivity contribution in [2.24, 2.45) is 5.10 Å². The lowest BCUT2D eigenvalue weighted by Crippen LogP contribution is -2.18. The molecular weight excluding hydrogens is 493 g/mol. The Labute approximate surface area is 219 Å². The van der Waals surface area contributed by atoms with Gasteiger partial charge in [0.25, 0.3) is 10.0 Å². The second kappa shape index (κ2) is 14.0. The molecule has 3 aromatic rings. The van der Waals surface area contributed by atoms with Crippen molar-refractivity contribution >= 4 is 38.9 Å². The van der Waals surface area contributed by atoms with Crippen molar-refractivity contribution in [2.75, 3.05) is 0 Å². The largest absolute Gasteiger partial charge is 0.276 e. The first-order valence-corrected chi connectivity index (χ1v) is 15.9. The van der Waals surface area contributed by atoms with Crippen molar-refractivity contribution in [2.45, 2.75) is 89.9 Å². The summed E-state index contributed by atoms with van der Waals surface area (Å²) in [6, 6.07) is 11.2. The third-order valence-electron chi connectivity index (χ3n) is 6.08. The minimum absolute atomic E-state index is 0.218. The molecule has 0 unspecified atom stereocenters. The number of hydrazone groups is 1. The highest BCUT2D eigenvalue weighted by molar-refractivity contribution is 7.89. The maximum atomic E-state index is 12.6. The minimum atomic E-state index is -3.68. The smallest absolute Gasteiger partial charge is 0.200 e. The highest BCUT2D eigenvalue weighted by Gasteiger charge is 2.16. The van der Waals surface area contributed by atoms with Gasteiger partial charge in [-0.15, -0.1) is 22.7 Å². The number of sulfonamides is 1. The summed E-state index contributed by atoms with van der Waals surface area (Å²) in [5, 5.41) is 6.30. The Bertz CT molecular complexity index is 1180. The van der Waals surface area contributed by atoms with Gasteiger partial charge in [0.2, 0.25) is 0 Å². The zero-order chi connectivity index (χ0) is 25.1. The molecule has 35 heavy (non-hydrogen) atoms. The number of unbranched alkanes of at least 4 members (excludes halogenated alkanes) is 6. The second-order valence-electron chi connectivity index (χ2n) is 9.07. The number of nitrogens with zero attached hydrogens (tertiary/aromatic N) is 1. The minimum Gasteiger partial charge on any atom is -0.200 e. The van der Waals surface area contributed by atoms with Crippen LogP contribution >= 0.6 is 22.7 Å². The van der Waals surface area contributed by atoms with Crippen LogP contribution in [0, 0.1) is 6.92 Å². The molecule has 0 fully saturated rings. The molecule has 2 aromatic heterocycles. The van der Waals surface area contributed by atoms with E-state index in [9.17, 15) is 8.42 Å². The van der Waals surface area contributed by atoms with Crippen LogP contribution in [-0.4, -0.2) is 14.6 Å². The van der Waals surface area contributed by atoms with E-state index in [-0.39, 0.29) is 4.90 Å². The van der Waals surface area contributed by atoms with Gasteiger partial charge in [0, 0.05) is 14.6 Å². The Morgan fingerprint density at radius 1 is 0.857 bits per heavy atom. The van der Waals surface area contributed by atoms with Crippen LogP contribution in [0.15, 0.2) is 51.8 Å². The first kappa shape index (κ1) is 27.6. The van der Waals surface area contributed by atoms with Crippen LogP contribution in [0.1, 0.15) is 86.8 Å². The van der Waals surface area contributed by atoms with Gasteiger partial charge >= 0.3 is 0 Å². The fourth-order valence-electron chi connectivity index (χ4n) is 4.04. The van der Waals surface area contributed by atoms with Gasteiger partial charge in [-0.2, -0.15) is 13.5 Å². The van der Waals surface area contributed by atoms with E-state index in [0.717, 1.165) is 23.3 Å². The molecule has 0 aliphatic heterocycles. The number of hydrogen-bond donors (Lipinski definition) is 1. The summed E-state index contributed by atoms with van der Waals surface area (Å²) in [5.74, 6) is 0. The van der Waals surface area contributed by atoms with Gasteiger partial charge in [0.1, 0.15) is 0 Å². The van der Waals surface area contributed by atoms with Crippen LogP contribution in [0.4, 0.5) is 0 Å². The van der Waals surface area contributed by atoms with Crippen molar-refractivity contribution in [1.82, 2.24) is 4.83 Å². The molecule has 3 rings (SSSR count). The predicted molar refractivity (Wildman–Crippen MR) is 152 cm³/mol.